The number of anilines is 1. The molecule has 8 heteroatoms. The Hall–Kier alpha value is -2.35. The van der Waals surface area contributed by atoms with Gasteiger partial charge in [-0.2, -0.15) is 0 Å². The summed E-state index contributed by atoms with van der Waals surface area (Å²) in [5, 5.41) is 14.8. The summed E-state index contributed by atoms with van der Waals surface area (Å²) in [7, 11) is 1.41. The molecule has 1 aromatic carbocycles. The third-order valence-electron chi connectivity index (χ3n) is 1.50. The van der Waals surface area contributed by atoms with Crippen molar-refractivity contribution in [2.75, 3.05) is 12.5 Å². The molecule has 7 nitrogen and oxygen atoms in total. The number of carboxylic acid groups (broad SMARTS) is 2. The molecule has 17 heavy (non-hydrogen) atoms. The Kier molecular flexibility index (Phi) is 6.04. The first-order chi connectivity index (χ1) is 7.92. The van der Waals surface area contributed by atoms with Crippen molar-refractivity contribution in [3.63, 3.8) is 0 Å². The third-order valence-corrected chi connectivity index (χ3v) is 1.50. The van der Waals surface area contributed by atoms with E-state index in [-0.39, 0.29) is 5.75 Å². The fourth-order valence-electron chi connectivity index (χ4n) is 0.756. The Morgan fingerprint density at radius 2 is 1.88 bits per heavy atom. The molecule has 0 aliphatic rings. The molecule has 0 saturated heterocycles. The fourth-order valence-corrected chi connectivity index (χ4v) is 0.756. The van der Waals surface area contributed by atoms with Crippen molar-refractivity contribution in [2.45, 2.75) is 0 Å². The minimum Gasteiger partial charge on any atom is -0.494 e. The minimum absolute atomic E-state index is 0.212. The summed E-state index contributed by atoms with van der Waals surface area (Å²) in [6.07, 6.45) is 0. The smallest absolute Gasteiger partial charge is 0.414 e. The first-order valence-corrected chi connectivity index (χ1v) is 4.18. The van der Waals surface area contributed by atoms with Crippen LogP contribution in [0.5, 0.6) is 5.75 Å². The zero-order chi connectivity index (χ0) is 13.4. The quantitative estimate of drug-likeness (QED) is 0.335. The summed E-state index contributed by atoms with van der Waals surface area (Å²) in [4.78, 5) is 18.2. The molecular weight excluding hydrogens is 235 g/mol. The SMILES string of the molecule is COc1ccc(NN)cc1F.O=C(O)C(=O)O. The molecule has 0 amide bonds. The molecule has 0 unspecified atom stereocenters. The summed E-state index contributed by atoms with van der Waals surface area (Å²) in [5.74, 6) is 1.19. The number of nitrogens with two attached hydrogens (primary N) is 1. The number of hydrogen-bond acceptors (Lipinski definition) is 5. The molecule has 1 aromatic rings. The number of hydrogen-bond donors (Lipinski definition) is 4. The van der Waals surface area contributed by atoms with Gasteiger partial charge in [-0.15, -0.1) is 0 Å². The highest BCUT2D eigenvalue weighted by Crippen LogP contribution is 2.19. The average Bonchev–Trinajstić information content (AvgIpc) is 2.29. The second kappa shape index (κ2) is 7.01. The number of ether oxygens (including phenoxy) is 1. The minimum atomic E-state index is -1.82. The molecular formula is C9H11FN2O5. The number of benzene rings is 1. The van der Waals surface area contributed by atoms with Gasteiger partial charge in [0.2, 0.25) is 0 Å². The van der Waals surface area contributed by atoms with Crippen LogP contribution in [-0.4, -0.2) is 29.3 Å². The van der Waals surface area contributed by atoms with Crippen LogP contribution in [0.15, 0.2) is 18.2 Å². The summed E-state index contributed by atoms with van der Waals surface area (Å²) in [5.41, 5.74) is 2.84. The van der Waals surface area contributed by atoms with Gasteiger partial charge in [0.25, 0.3) is 0 Å². The number of nitrogen functional groups attached to an aromatic ring is 1. The van der Waals surface area contributed by atoms with Crippen molar-refractivity contribution < 1.29 is 28.9 Å². The summed E-state index contributed by atoms with van der Waals surface area (Å²) >= 11 is 0. The van der Waals surface area contributed by atoms with E-state index in [4.69, 9.17) is 30.4 Å². The molecule has 0 radical (unpaired) electrons. The highest BCUT2D eigenvalue weighted by molar-refractivity contribution is 6.27. The van der Waals surface area contributed by atoms with Crippen LogP contribution in [0.4, 0.5) is 10.1 Å². The average molecular weight is 246 g/mol. The Labute approximate surface area is 95.6 Å². The summed E-state index contributed by atoms with van der Waals surface area (Å²) < 4.78 is 17.5. The Morgan fingerprint density at radius 3 is 2.18 bits per heavy atom. The molecule has 0 aliphatic heterocycles. The van der Waals surface area contributed by atoms with Crippen LogP contribution in [0, 0.1) is 5.82 Å². The van der Waals surface area contributed by atoms with Crippen LogP contribution in [-0.2, 0) is 9.59 Å². The van der Waals surface area contributed by atoms with Crippen LogP contribution < -0.4 is 16.0 Å². The van der Waals surface area contributed by atoms with Crippen molar-refractivity contribution in [3.05, 3.63) is 24.0 Å². The highest BCUT2D eigenvalue weighted by atomic mass is 19.1. The van der Waals surface area contributed by atoms with Crippen molar-refractivity contribution in [1.82, 2.24) is 0 Å². The number of carbonyl (C=O) groups is 2. The molecule has 0 aliphatic carbocycles. The molecule has 0 atom stereocenters. The van der Waals surface area contributed by atoms with Gasteiger partial charge < -0.3 is 20.4 Å². The second-order valence-electron chi connectivity index (χ2n) is 2.60. The molecule has 1 rings (SSSR count). The van der Waals surface area contributed by atoms with Gasteiger partial charge in [-0.05, 0) is 12.1 Å². The maximum atomic E-state index is 12.8. The standard InChI is InChI=1S/C7H9FN2O.C2H2O4/c1-11-7-3-2-5(10-9)4-6(7)8;3-1(4)2(5)6/h2-4,10H,9H2,1H3;(H,3,4)(H,5,6). The van der Waals surface area contributed by atoms with Crippen LogP contribution in [0.3, 0.4) is 0 Å². The zero-order valence-electron chi connectivity index (χ0n) is 8.81. The first kappa shape index (κ1) is 14.7. The van der Waals surface area contributed by atoms with Gasteiger partial charge >= 0.3 is 11.9 Å². The van der Waals surface area contributed by atoms with Gasteiger partial charge in [-0.25, -0.2) is 14.0 Å². The van der Waals surface area contributed by atoms with E-state index in [9.17, 15) is 4.39 Å². The van der Waals surface area contributed by atoms with Crippen molar-refractivity contribution in [3.8, 4) is 5.75 Å². The molecule has 0 heterocycles. The van der Waals surface area contributed by atoms with Crippen LogP contribution >= 0.6 is 0 Å². The first-order valence-electron chi connectivity index (χ1n) is 4.18. The molecule has 0 bridgehead atoms. The van der Waals surface area contributed by atoms with Crippen LogP contribution in [0.1, 0.15) is 0 Å². The van der Waals surface area contributed by atoms with E-state index in [1.54, 1.807) is 6.07 Å². The largest absolute Gasteiger partial charge is 0.494 e. The number of hydrazine groups is 1. The van der Waals surface area contributed by atoms with E-state index in [1.165, 1.54) is 19.2 Å². The maximum Gasteiger partial charge on any atom is 0.414 e. The molecule has 0 fully saturated rings. The molecule has 0 saturated carbocycles. The third kappa shape index (κ3) is 5.33. The van der Waals surface area contributed by atoms with Gasteiger partial charge in [0.15, 0.2) is 11.6 Å². The Bertz CT molecular complexity index is 398. The Morgan fingerprint density at radius 1 is 1.35 bits per heavy atom. The lowest BCUT2D eigenvalue weighted by molar-refractivity contribution is -0.159. The van der Waals surface area contributed by atoms with Gasteiger partial charge in [0, 0.05) is 6.07 Å². The highest BCUT2D eigenvalue weighted by Gasteiger charge is 2.04. The lowest BCUT2D eigenvalue weighted by Gasteiger charge is -2.03. The number of rotatable bonds is 2. The predicted octanol–water partition coefficient (Wildman–Crippen LogP) is 0.276. The lowest BCUT2D eigenvalue weighted by Crippen LogP contribution is -2.09. The van der Waals surface area contributed by atoms with E-state index in [0.717, 1.165) is 0 Å². The monoisotopic (exact) mass is 246 g/mol. The predicted molar refractivity (Wildman–Crippen MR) is 56.0 cm³/mol. The normalized spacial score (nSPS) is 8.65. The van der Waals surface area contributed by atoms with E-state index >= 15 is 0 Å². The topological polar surface area (TPSA) is 122 Å². The van der Waals surface area contributed by atoms with Gasteiger partial charge in [-0.1, -0.05) is 0 Å². The van der Waals surface area contributed by atoms with Gasteiger partial charge in [0.05, 0.1) is 12.8 Å². The molecule has 5 N–H and O–H groups in total. The fraction of sp³-hybridized carbons (Fsp3) is 0.111. The summed E-state index contributed by atoms with van der Waals surface area (Å²) in [6.45, 7) is 0. The van der Waals surface area contributed by atoms with E-state index in [0.29, 0.717) is 5.69 Å². The maximum absolute atomic E-state index is 12.8. The zero-order valence-corrected chi connectivity index (χ0v) is 8.81. The number of aliphatic carboxylic acids is 2. The molecule has 0 spiro atoms. The lowest BCUT2D eigenvalue weighted by atomic mass is 10.3. The van der Waals surface area contributed by atoms with E-state index in [1.807, 2.05) is 0 Å². The number of methoxy groups -OCH3 is 1. The van der Waals surface area contributed by atoms with E-state index < -0.39 is 17.8 Å². The van der Waals surface area contributed by atoms with Crippen LogP contribution in [0.25, 0.3) is 0 Å². The van der Waals surface area contributed by atoms with Gasteiger partial charge in [-0.3, -0.25) is 5.84 Å². The van der Waals surface area contributed by atoms with E-state index in [2.05, 4.69) is 5.43 Å². The Balaban J connectivity index is 0.000000366. The van der Waals surface area contributed by atoms with Crippen molar-refractivity contribution >= 4 is 17.6 Å². The number of nitrogens with one attached hydrogen (secondary N) is 1. The van der Waals surface area contributed by atoms with Crippen molar-refractivity contribution in [2.24, 2.45) is 5.84 Å². The van der Waals surface area contributed by atoms with Crippen molar-refractivity contribution in [1.29, 1.82) is 0 Å². The second-order valence-corrected chi connectivity index (χ2v) is 2.60. The van der Waals surface area contributed by atoms with Gasteiger partial charge in [0.1, 0.15) is 0 Å². The summed E-state index contributed by atoms with van der Waals surface area (Å²) in [6, 6.07) is 4.39. The molecule has 0 aromatic heterocycles. The number of carboxylic acids is 2. The van der Waals surface area contributed by atoms with Crippen LogP contribution in [0.2, 0.25) is 0 Å². The number of halogens is 1. The molecule has 94 valence electrons.